The summed E-state index contributed by atoms with van der Waals surface area (Å²) in [7, 11) is 0. The van der Waals surface area contributed by atoms with E-state index in [1.807, 2.05) is 6.92 Å². The third-order valence-electron chi connectivity index (χ3n) is 3.00. The van der Waals surface area contributed by atoms with Crippen LogP contribution >= 0.6 is 23.2 Å². The summed E-state index contributed by atoms with van der Waals surface area (Å²) in [6, 6.07) is 7.34. The van der Waals surface area contributed by atoms with E-state index >= 15 is 0 Å². The average Bonchev–Trinajstić information content (AvgIpc) is 2.50. The molecule has 0 N–H and O–H groups in total. The number of nitrogens with zero attached hydrogens (tertiary/aromatic N) is 1. The van der Waals surface area contributed by atoms with E-state index in [4.69, 9.17) is 23.2 Å². The lowest BCUT2D eigenvalue weighted by Gasteiger charge is -2.05. The van der Waals surface area contributed by atoms with Gasteiger partial charge >= 0.3 is 0 Å². The Morgan fingerprint density at radius 2 is 2.10 bits per heavy atom. The van der Waals surface area contributed by atoms with E-state index < -0.39 is 5.83 Å². The Balaban J connectivity index is 3.32. The lowest BCUT2D eigenvalue weighted by atomic mass is 10.0. The van der Waals surface area contributed by atoms with Crippen molar-refractivity contribution < 1.29 is 4.39 Å². The maximum Gasteiger partial charge on any atom is 0.144 e. The van der Waals surface area contributed by atoms with E-state index in [1.54, 1.807) is 38.1 Å². The van der Waals surface area contributed by atoms with Crippen molar-refractivity contribution in [3.8, 4) is 6.07 Å². The van der Waals surface area contributed by atoms with Crippen molar-refractivity contribution in [1.82, 2.24) is 0 Å². The minimum atomic E-state index is -0.500. The lowest BCUT2D eigenvalue weighted by Crippen LogP contribution is -1.89. The van der Waals surface area contributed by atoms with Crippen molar-refractivity contribution in [2.75, 3.05) is 0 Å². The zero-order chi connectivity index (χ0) is 16.0. The Hall–Kier alpha value is -1.56. The Kier molecular flexibility index (Phi) is 6.68. The van der Waals surface area contributed by atoms with Gasteiger partial charge in [-0.3, -0.25) is 0 Å². The fraction of sp³-hybridized carbons (Fsp3) is 0.235. The van der Waals surface area contributed by atoms with Crippen LogP contribution in [0.15, 0.2) is 46.8 Å². The van der Waals surface area contributed by atoms with Gasteiger partial charge in [-0.1, -0.05) is 42.3 Å². The van der Waals surface area contributed by atoms with Crippen LogP contribution in [0.1, 0.15) is 31.4 Å². The van der Waals surface area contributed by atoms with Gasteiger partial charge in [0.05, 0.1) is 16.7 Å². The molecule has 0 radical (unpaired) electrons. The molecular weight excluding hydrogens is 308 g/mol. The Bertz CT molecular complexity index is 664. The molecule has 1 nitrogen and oxygen atoms in total. The number of nitriles is 1. The highest BCUT2D eigenvalue weighted by atomic mass is 35.5. The zero-order valence-corrected chi connectivity index (χ0v) is 13.7. The number of benzene rings is 1. The van der Waals surface area contributed by atoms with Crippen LogP contribution in [0.25, 0.3) is 5.57 Å². The third-order valence-corrected chi connectivity index (χ3v) is 3.86. The Labute approximate surface area is 135 Å². The van der Waals surface area contributed by atoms with Gasteiger partial charge < -0.3 is 0 Å². The van der Waals surface area contributed by atoms with Gasteiger partial charge in [0.1, 0.15) is 5.83 Å². The van der Waals surface area contributed by atoms with Crippen LogP contribution in [0.4, 0.5) is 4.39 Å². The molecular formula is C17H16Cl2FN. The zero-order valence-electron chi connectivity index (χ0n) is 12.2. The summed E-state index contributed by atoms with van der Waals surface area (Å²) in [6.45, 7) is 5.33. The van der Waals surface area contributed by atoms with Crippen LogP contribution in [0, 0.1) is 18.3 Å². The fourth-order valence-corrected chi connectivity index (χ4v) is 1.96. The summed E-state index contributed by atoms with van der Waals surface area (Å²) in [4.78, 5) is 0. The van der Waals surface area contributed by atoms with Gasteiger partial charge in [-0.25, -0.2) is 4.39 Å². The van der Waals surface area contributed by atoms with E-state index in [2.05, 4.69) is 6.07 Å². The van der Waals surface area contributed by atoms with Crippen molar-refractivity contribution in [2.45, 2.75) is 27.2 Å². The topological polar surface area (TPSA) is 23.8 Å². The highest BCUT2D eigenvalue weighted by molar-refractivity contribution is 6.31. The van der Waals surface area contributed by atoms with Gasteiger partial charge in [0.2, 0.25) is 0 Å². The van der Waals surface area contributed by atoms with Gasteiger partial charge in [0, 0.05) is 10.6 Å². The molecule has 4 heteroatoms. The van der Waals surface area contributed by atoms with Crippen LogP contribution in [0.3, 0.4) is 0 Å². The fourth-order valence-electron chi connectivity index (χ4n) is 1.73. The molecule has 0 aliphatic heterocycles. The maximum absolute atomic E-state index is 14.1. The number of halogens is 3. The molecule has 0 atom stereocenters. The van der Waals surface area contributed by atoms with E-state index in [0.29, 0.717) is 28.2 Å². The number of aryl methyl sites for hydroxylation is 1. The van der Waals surface area contributed by atoms with Crippen LogP contribution in [0.2, 0.25) is 5.02 Å². The van der Waals surface area contributed by atoms with E-state index in [1.165, 1.54) is 6.08 Å². The Morgan fingerprint density at radius 1 is 1.43 bits per heavy atom. The molecule has 21 heavy (non-hydrogen) atoms. The van der Waals surface area contributed by atoms with E-state index in [-0.39, 0.29) is 5.03 Å². The van der Waals surface area contributed by atoms with Crippen LogP contribution in [0.5, 0.6) is 0 Å². The lowest BCUT2D eigenvalue weighted by molar-refractivity contribution is 0.647. The maximum atomic E-state index is 14.1. The number of hydrogen-bond donors (Lipinski definition) is 0. The van der Waals surface area contributed by atoms with E-state index in [9.17, 15) is 9.65 Å². The normalized spacial score (nSPS) is 13.8. The number of hydrogen-bond acceptors (Lipinski definition) is 1. The van der Waals surface area contributed by atoms with Crippen LogP contribution in [-0.4, -0.2) is 0 Å². The standard InChI is InChI=1S/C17H16Cl2FN/c1-4-12(17(20)15(18)5-2)9-14(10-21)13-6-7-16(19)11(3)8-13/h4,6-9H,5H2,1-3H3/b12-4-,14-9+,17-15-. The molecule has 0 unspecified atom stereocenters. The van der Waals surface area contributed by atoms with Crippen LogP contribution < -0.4 is 0 Å². The van der Waals surface area contributed by atoms with Gasteiger partial charge in [-0.05, 0) is 49.6 Å². The molecule has 0 saturated heterocycles. The highest BCUT2D eigenvalue weighted by Gasteiger charge is 2.10. The minimum absolute atomic E-state index is 0.143. The highest BCUT2D eigenvalue weighted by Crippen LogP contribution is 2.27. The van der Waals surface area contributed by atoms with Gasteiger partial charge in [-0.2, -0.15) is 5.26 Å². The molecule has 1 aromatic rings. The molecule has 0 aliphatic carbocycles. The van der Waals surface area contributed by atoms with Crippen molar-refractivity contribution in [3.05, 3.63) is 62.9 Å². The summed E-state index contributed by atoms with van der Waals surface area (Å²) in [5, 5.41) is 10.1. The molecule has 0 fully saturated rings. The molecule has 1 aromatic carbocycles. The average molecular weight is 324 g/mol. The second kappa shape index (κ2) is 8.02. The molecule has 0 aromatic heterocycles. The predicted molar refractivity (Wildman–Crippen MR) is 87.8 cm³/mol. The number of allylic oxidation sites excluding steroid dienone is 6. The summed E-state index contributed by atoms with van der Waals surface area (Å²) >= 11 is 11.8. The first-order valence-corrected chi connectivity index (χ1v) is 7.29. The second-order valence-electron chi connectivity index (χ2n) is 4.45. The van der Waals surface area contributed by atoms with Gasteiger partial charge in [0.25, 0.3) is 0 Å². The Morgan fingerprint density at radius 3 is 2.57 bits per heavy atom. The summed E-state index contributed by atoms with van der Waals surface area (Å²) in [6.07, 6.45) is 3.49. The molecule has 0 heterocycles. The van der Waals surface area contributed by atoms with Gasteiger partial charge in [-0.15, -0.1) is 0 Å². The molecule has 110 valence electrons. The summed E-state index contributed by atoms with van der Waals surface area (Å²) in [5.41, 5.74) is 2.21. The van der Waals surface area contributed by atoms with Crippen molar-refractivity contribution in [1.29, 1.82) is 5.26 Å². The van der Waals surface area contributed by atoms with Crippen molar-refractivity contribution in [3.63, 3.8) is 0 Å². The van der Waals surface area contributed by atoms with Gasteiger partial charge in [0.15, 0.2) is 0 Å². The third kappa shape index (κ3) is 4.46. The summed E-state index contributed by atoms with van der Waals surface area (Å²) in [5.74, 6) is -0.500. The first-order chi connectivity index (χ1) is 9.94. The van der Waals surface area contributed by atoms with Crippen molar-refractivity contribution in [2.24, 2.45) is 0 Å². The van der Waals surface area contributed by atoms with E-state index in [0.717, 1.165) is 5.56 Å². The number of rotatable bonds is 4. The molecule has 0 aliphatic rings. The molecule has 1 rings (SSSR count). The van der Waals surface area contributed by atoms with Crippen LogP contribution in [-0.2, 0) is 0 Å². The molecule has 0 bridgehead atoms. The first-order valence-electron chi connectivity index (χ1n) is 6.53. The summed E-state index contributed by atoms with van der Waals surface area (Å²) < 4.78 is 14.1. The molecule has 0 saturated carbocycles. The second-order valence-corrected chi connectivity index (χ2v) is 5.31. The largest absolute Gasteiger partial charge is 0.205 e. The monoisotopic (exact) mass is 323 g/mol. The smallest absolute Gasteiger partial charge is 0.144 e. The minimum Gasteiger partial charge on any atom is -0.205 e. The quantitative estimate of drug-likeness (QED) is 0.469. The predicted octanol–water partition coefficient (Wildman–Crippen LogP) is 6.33. The first kappa shape index (κ1) is 17.5. The van der Waals surface area contributed by atoms with Crippen molar-refractivity contribution >= 4 is 28.8 Å². The SMILES string of the molecule is C/C=C(/C=C(\C#N)c1ccc(Cl)c(C)c1)C(\F)=C(\Cl)CC. The molecule has 0 spiro atoms. The molecule has 0 amide bonds.